The van der Waals surface area contributed by atoms with Crippen LogP contribution < -0.4 is 9.05 Å². The maximum absolute atomic E-state index is 9.58. The van der Waals surface area contributed by atoms with Gasteiger partial charge in [0.1, 0.15) is 11.5 Å². The van der Waals surface area contributed by atoms with Crippen LogP contribution in [0, 0.1) is 0 Å². The Morgan fingerprint density at radius 3 is 1.04 bits per heavy atom. The molecule has 1 N–H and O–H groups in total. The van der Waals surface area contributed by atoms with Crippen molar-refractivity contribution in [1.82, 2.24) is 0 Å². The first-order valence-electron chi connectivity index (χ1n) is 8.87. The standard InChI is InChI=1S/C12H11O3P.C12H10/c13-16(14-11-7-3-1-4-8-11)15-12-9-5-2-6-10-12;1-3-7-11(8-4-1)12-9-5-2-6-10-12/h1-10,13H;1-10H. The lowest BCUT2D eigenvalue weighted by Crippen LogP contribution is -1.93. The third-order valence-corrected chi connectivity index (χ3v) is 4.47. The van der Waals surface area contributed by atoms with Gasteiger partial charge in [0.05, 0.1) is 0 Å². The molecule has 0 unspecified atom stereocenters. The Hall–Kier alpha value is -3.13. The van der Waals surface area contributed by atoms with E-state index in [1.165, 1.54) is 11.1 Å². The predicted molar refractivity (Wildman–Crippen MR) is 115 cm³/mol. The Kier molecular flexibility index (Phi) is 7.63. The Morgan fingerprint density at radius 1 is 0.429 bits per heavy atom. The molecule has 0 saturated carbocycles. The number of para-hydroxylation sites is 2. The highest BCUT2D eigenvalue weighted by atomic mass is 31.2. The minimum Gasteiger partial charge on any atom is -0.418 e. The van der Waals surface area contributed by atoms with E-state index in [2.05, 4.69) is 48.5 Å². The molecule has 0 aliphatic heterocycles. The van der Waals surface area contributed by atoms with Crippen molar-refractivity contribution in [2.75, 3.05) is 0 Å². The van der Waals surface area contributed by atoms with Gasteiger partial charge in [-0.15, -0.1) is 0 Å². The molecular weight excluding hydrogens is 367 g/mol. The molecule has 0 amide bonds. The van der Waals surface area contributed by atoms with Crippen LogP contribution in [-0.4, -0.2) is 4.89 Å². The zero-order chi connectivity index (χ0) is 19.4. The number of benzene rings is 4. The van der Waals surface area contributed by atoms with Gasteiger partial charge in [0.15, 0.2) is 0 Å². The van der Waals surface area contributed by atoms with Crippen molar-refractivity contribution in [2.45, 2.75) is 0 Å². The molecule has 0 spiro atoms. The van der Waals surface area contributed by atoms with E-state index in [4.69, 9.17) is 9.05 Å². The molecule has 4 aromatic rings. The lowest BCUT2D eigenvalue weighted by Gasteiger charge is -2.11. The molecule has 0 radical (unpaired) electrons. The van der Waals surface area contributed by atoms with Gasteiger partial charge in [0.25, 0.3) is 0 Å². The molecular formula is C24H21O3P. The van der Waals surface area contributed by atoms with E-state index in [1.807, 2.05) is 48.5 Å². The van der Waals surface area contributed by atoms with Crippen LogP contribution in [0.4, 0.5) is 0 Å². The van der Waals surface area contributed by atoms with Gasteiger partial charge in [-0.05, 0) is 35.4 Å². The van der Waals surface area contributed by atoms with Crippen LogP contribution in [0.2, 0.25) is 0 Å². The molecule has 28 heavy (non-hydrogen) atoms. The highest BCUT2D eigenvalue weighted by Gasteiger charge is 2.10. The van der Waals surface area contributed by atoms with Crippen LogP contribution in [0.1, 0.15) is 0 Å². The summed E-state index contributed by atoms with van der Waals surface area (Å²) in [4.78, 5) is 9.58. The van der Waals surface area contributed by atoms with Crippen LogP contribution in [0.25, 0.3) is 11.1 Å². The summed E-state index contributed by atoms with van der Waals surface area (Å²) >= 11 is 0. The molecule has 0 saturated heterocycles. The van der Waals surface area contributed by atoms with Crippen LogP contribution in [0.3, 0.4) is 0 Å². The van der Waals surface area contributed by atoms with Gasteiger partial charge in [-0.2, -0.15) is 0 Å². The number of hydrogen-bond donors (Lipinski definition) is 1. The molecule has 4 heteroatoms. The molecule has 4 rings (SSSR count). The monoisotopic (exact) mass is 388 g/mol. The van der Waals surface area contributed by atoms with E-state index in [-0.39, 0.29) is 0 Å². The zero-order valence-electron chi connectivity index (χ0n) is 15.3. The first-order chi connectivity index (χ1) is 13.8. The lowest BCUT2D eigenvalue weighted by molar-refractivity contribution is 0.382. The second-order valence-corrected chi connectivity index (χ2v) is 6.62. The summed E-state index contributed by atoms with van der Waals surface area (Å²) < 4.78 is 10.4. The molecule has 3 nitrogen and oxygen atoms in total. The Balaban J connectivity index is 0.000000167. The average molecular weight is 388 g/mol. The van der Waals surface area contributed by atoms with Crippen LogP contribution in [0.5, 0.6) is 11.5 Å². The van der Waals surface area contributed by atoms with Crippen molar-refractivity contribution < 1.29 is 13.9 Å². The van der Waals surface area contributed by atoms with Crippen molar-refractivity contribution in [3.63, 3.8) is 0 Å². The highest BCUT2D eigenvalue weighted by Crippen LogP contribution is 2.35. The van der Waals surface area contributed by atoms with Gasteiger partial charge in [-0.3, -0.25) is 0 Å². The SMILES string of the molecule is OP(Oc1ccccc1)Oc1ccccc1.c1ccc(-c2ccccc2)cc1. The summed E-state index contributed by atoms with van der Waals surface area (Å²) in [5, 5.41) is 0. The van der Waals surface area contributed by atoms with Crippen LogP contribution >= 0.6 is 8.60 Å². The Morgan fingerprint density at radius 2 is 0.714 bits per heavy atom. The van der Waals surface area contributed by atoms with E-state index >= 15 is 0 Å². The van der Waals surface area contributed by atoms with Crippen molar-refractivity contribution >= 4 is 8.60 Å². The van der Waals surface area contributed by atoms with Gasteiger partial charge >= 0.3 is 8.60 Å². The van der Waals surface area contributed by atoms with Crippen LogP contribution in [0.15, 0.2) is 121 Å². The molecule has 140 valence electrons. The fourth-order valence-electron chi connectivity index (χ4n) is 2.42. The zero-order valence-corrected chi connectivity index (χ0v) is 16.2. The fourth-order valence-corrected chi connectivity index (χ4v) is 3.06. The molecule has 4 aromatic carbocycles. The summed E-state index contributed by atoms with van der Waals surface area (Å²) in [5.41, 5.74) is 2.55. The molecule has 0 fully saturated rings. The van der Waals surface area contributed by atoms with E-state index in [1.54, 1.807) is 24.3 Å². The predicted octanol–water partition coefficient (Wildman–Crippen LogP) is 6.72. The van der Waals surface area contributed by atoms with Gasteiger partial charge in [-0.25, -0.2) is 0 Å². The quantitative estimate of drug-likeness (QED) is 0.386. The maximum Gasteiger partial charge on any atom is 0.460 e. The molecule has 0 aromatic heterocycles. The first kappa shape index (κ1) is 19.6. The summed E-state index contributed by atoms with van der Waals surface area (Å²) in [6.45, 7) is 0. The van der Waals surface area contributed by atoms with E-state index < -0.39 is 8.60 Å². The smallest absolute Gasteiger partial charge is 0.418 e. The molecule has 0 aliphatic carbocycles. The lowest BCUT2D eigenvalue weighted by atomic mass is 10.1. The second-order valence-electron chi connectivity index (χ2n) is 5.78. The maximum atomic E-state index is 9.58. The van der Waals surface area contributed by atoms with E-state index in [9.17, 15) is 4.89 Å². The Labute approximate surface area is 166 Å². The minimum atomic E-state index is -1.93. The van der Waals surface area contributed by atoms with Gasteiger partial charge in [-0.1, -0.05) is 97.1 Å². The largest absolute Gasteiger partial charge is 0.460 e. The topological polar surface area (TPSA) is 38.7 Å². The van der Waals surface area contributed by atoms with Crippen molar-refractivity contribution in [2.24, 2.45) is 0 Å². The van der Waals surface area contributed by atoms with Crippen LogP contribution in [-0.2, 0) is 0 Å². The number of rotatable bonds is 5. The third-order valence-electron chi connectivity index (χ3n) is 3.73. The molecule has 0 bridgehead atoms. The normalized spacial score (nSPS) is 9.93. The van der Waals surface area contributed by atoms with Gasteiger partial charge in [0, 0.05) is 0 Å². The highest BCUT2D eigenvalue weighted by molar-refractivity contribution is 7.41. The Bertz CT molecular complexity index is 838. The molecule has 0 aliphatic rings. The average Bonchev–Trinajstić information content (AvgIpc) is 2.77. The van der Waals surface area contributed by atoms with Gasteiger partial charge < -0.3 is 13.9 Å². The minimum absolute atomic E-state index is 0.590. The van der Waals surface area contributed by atoms with Crippen molar-refractivity contribution in [3.8, 4) is 22.6 Å². The summed E-state index contributed by atoms with van der Waals surface area (Å²) in [5.74, 6) is 1.18. The van der Waals surface area contributed by atoms with E-state index in [0.717, 1.165) is 0 Å². The van der Waals surface area contributed by atoms with E-state index in [0.29, 0.717) is 11.5 Å². The summed E-state index contributed by atoms with van der Waals surface area (Å²) in [6, 6.07) is 38.9. The van der Waals surface area contributed by atoms with Crippen molar-refractivity contribution in [1.29, 1.82) is 0 Å². The van der Waals surface area contributed by atoms with Gasteiger partial charge in [0.2, 0.25) is 0 Å². The second kappa shape index (κ2) is 10.9. The first-order valence-corrected chi connectivity index (χ1v) is 10.00. The molecule has 0 atom stereocenters. The molecule has 0 heterocycles. The fraction of sp³-hybridized carbons (Fsp3) is 0. The summed E-state index contributed by atoms with van der Waals surface area (Å²) in [6.07, 6.45) is 0. The third kappa shape index (κ3) is 6.55. The van der Waals surface area contributed by atoms with Crippen molar-refractivity contribution in [3.05, 3.63) is 121 Å². The summed E-state index contributed by atoms with van der Waals surface area (Å²) in [7, 11) is -1.93. The number of hydrogen-bond acceptors (Lipinski definition) is 3.